The molecule has 2 nitrogen and oxygen atoms in total. The Hall–Kier alpha value is -2.01. The van der Waals surface area contributed by atoms with E-state index in [9.17, 15) is 13.2 Å². The van der Waals surface area contributed by atoms with Crippen LogP contribution in [-0.4, -0.2) is 13.2 Å². The van der Waals surface area contributed by atoms with Gasteiger partial charge >= 0.3 is 6.18 Å². The molecule has 3 rings (SSSR count). The van der Waals surface area contributed by atoms with E-state index >= 15 is 0 Å². The van der Waals surface area contributed by atoms with E-state index in [1.807, 2.05) is 18.2 Å². The zero-order valence-electron chi connectivity index (χ0n) is 10.7. The van der Waals surface area contributed by atoms with Gasteiger partial charge < -0.3 is 9.73 Å². The van der Waals surface area contributed by atoms with Crippen molar-refractivity contribution in [3.8, 4) is 0 Å². The van der Waals surface area contributed by atoms with Gasteiger partial charge in [0.05, 0.1) is 0 Å². The van der Waals surface area contributed by atoms with Crippen LogP contribution < -0.4 is 5.32 Å². The predicted molar refractivity (Wildman–Crippen MR) is 71.6 cm³/mol. The van der Waals surface area contributed by atoms with Crippen molar-refractivity contribution in [3.63, 3.8) is 0 Å². The summed E-state index contributed by atoms with van der Waals surface area (Å²) in [6.07, 6.45) is -4.33. The molecule has 0 aliphatic carbocycles. The molecule has 0 saturated carbocycles. The number of hydrogen-bond acceptors (Lipinski definition) is 2. The standard InChI is InChI=1S/C15H12F3NO/c1-19-14(15(16,17)18)9-6-7-13-11(8-9)10-4-2-3-5-12(10)20-13/h2-8,14,19H,1H3. The van der Waals surface area contributed by atoms with Gasteiger partial charge in [-0.2, -0.15) is 13.2 Å². The van der Waals surface area contributed by atoms with Gasteiger partial charge in [0.2, 0.25) is 0 Å². The fourth-order valence-electron chi connectivity index (χ4n) is 2.44. The van der Waals surface area contributed by atoms with Crippen LogP contribution in [0.2, 0.25) is 0 Å². The highest BCUT2D eigenvalue weighted by molar-refractivity contribution is 6.05. The van der Waals surface area contributed by atoms with Gasteiger partial charge in [0.15, 0.2) is 0 Å². The molecular weight excluding hydrogens is 267 g/mol. The lowest BCUT2D eigenvalue weighted by Crippen LogP contribution is -2.31. The fraction of sp³-hybridized carbons (Fsp3) is 0.200. The van der Waals surface area contributed by atoms with Gasteiger partial charge in [0.1, 0.15) is 17.2 Å². The van der Waals surface area contributed by atoms with Crippen molar-refractivity contribution in [2.45, 2.75) is 12.2 Å². The lowest BCUT2D eigenvalue weighted by Gasteiger charge is -2.19. The molecule has 0 radical (unpaired) electrons. The summed E-state index contributed by atoms with van der Waals surface area (Å²) < 4.78 is 44.5. The number of nitrogens with one attached hydrogen (secondary N) is 1. The third kappa shape index (κ3) is 2.04. The highest BCUT2D eigenvalue weighted by Gasteiger charge is 2.39. The summed E-state index contributed by atoms with van der Waals surface area (Å²) in [6.45, 7) is 0. The van der Waals surface area contributed by atoms with E-state index in [1.165, 1.54) is 19.2 Å². The normalized spacial score (nSPS) is 14.0. The van der Waals surface area contributed by atoms with Crippen molar-refractivity contribution < 1.29 is 17.6 Å². The fourth-order valence-corrected chi connectivity index (χ4v) is 2.44. The van der Waals surface area contributed by atoms with Crippen LogP contribution in [0, 0.1) is 0 Å². The largest absolute Gasteiger partial charge is 0.456 e. The molecule has 0 aliphatic heterocycles. The molecule has 1 aromatic heterocycles. The first kappa shape index (κ1) is 13.0. The van der Waals surface area contributed by atoms with Crippen molar-refractivity contribution in [2.75, 3.05) is 7.05 Å². The molecule has 0 aliphatic rings. The van der Waals surface area contributed by atoms with Crippen molar-refractivity contribution in [1.29, 1.82) is 0 Å². The molecule has 0 spiro atoms. The zero-order valence-corrected chi connectivity index (χ0v) is 10.7. The van der Waals surface area contributed by atoms with Gasteiger partial charge in [-0.3, -0.25) is 0 Å². The number of benzene rings is 2. The topological polar surface area (TPSA) is 25.2 Å². The highest BCUT2D eigenvalue weighted by atomic mass is 19.4. The second kappa shape index (κ2) is 4.52. The monoisotopic (exact) mass is 279 g/mol. The van der Waals surface area contributed by atoms with E-state index in [0.29, 0.717) is 16.6 Å². The van der Waals surface area contributed by atoms with Crippen LogP contribution in [0.3, 0.4) is 0 Å². The Kier molecular flexibility index (Phi) is 2.94. The van der Waals surface area contributed by atoms with E-state index in [0.717, 1.165) is 5.39 Å². The van der Waals surface area contributed by atoms with Crippen LogP contribution in [0.15, 0.2) is 46.9 Å². The second-order valence-corrected chi connectivity index (χ2v) is 4.62. The van der Waals surface area contributed by atoms with E-state index in [4.69, 9.17) is 4.42 Å². The van der Waals surface area contributed by atoms with Crippen LogP contribution in [0.4, 0.5) is 13.2 Å². The maximum absolute atomic E-state index is 13.0. The predicted octanol–water partition coefficient (Wildman–Crippen LogP) is 4.41. The van der Waals surface area contributed by atoms with Crippen molar-refractivity contribution in [1.82, 2.24) is 5.32 Å². The molecule has 1 N–H and O–H groups in total. The number of hydrogen-bond donors (Lipinski definition) is 1. The minimum Gasteiger partial charge on any atom is -0.456 e. The molecule has 20 heavy (non-hydrogen) atoms. The van der Waals surface area contributed by atoms with Gasteiger partial charge in [-0.25, -0.2) is 0 Å². The molecule has 3 aromatic rings. The molecule has 5 heteroatoms. The van der Waals surface area contributed by atoms with Gasteiger partial charge in [-0.05, 0) is 30.8 Å². The molecule has 1 atom stereocenters. The maximum Gasteiger partial charge on any atom is 0.407 e. The summed E-state index contributed by atoms with van der Waals surface area (Å²) >= 11 is 0. The smallest absolute Gasteiger partial charge is 0.407 e. The van der Waals surface area contributed by atoms with Crippen molar-refractivity contribution >= 4 is 21.9 Å². The Morgan fingerprint density at radius 3 is 2.40 bits per heavy atom. The summed E-state index contributed by atoms with van der Waals surface area (Å²) in [5.74, 6) is 0. The number of para-hydroxylation sites is 1. The SMILES string of the molecule is CNC(c1ccc2oc3ccccc3c2c1)C(F)(F)F. The Balaban J connectivity index is 2.21. The summed E-state index contributed by atoms with van der Waals surface area (Å²) in [5.41, 5.74) is 1.44. The van der Waals surface area contributed by atoms with Crippen LogP contribution in [-0.2, 0) is 0 Å². The lowest BCUT2D eigenvalue weighted by molar-refractivity contribution is -0.156. The maximum atomic E-state index is 13.0. The van der Waals surface area contributed by atoms with Crippen molar-refractivity contribution in [2.24, 2.45) is 0 Å². The second-order valence-electron chi connectivity index (χ2n) is 4.62. The van der Waals surface area contributed by atoms with E-state index in [-0.39, 0.29) is 5.56 Å². The number of furan rings is 1. The van der Waals surface area contributed by atoms with Crippen LogP contribution in [0.25, 0.3) is 21.9 Å². The first-order valence-electron chi connectivity index (χ1n) is 6.16. The molecule has 0 amide bonds. The number of fused-ring (bicyclic) bond motifs is 3. The summed E-state index contributed by atoms with van der Waals surface area (Å²) in [7, 11) is 1.30. The molecule has 0 bridgehead atoms. The average molecular weight is 279 g/mol. The summed E-state index contributed by atoms with van der Waals surface area (Å²) in [4.78, 5) is 0. The van der Waals surface area contributed by atoms with E-state index in [1.54, 1.807) is 12.1 Å². The molecule has 1 heterocycles. The summed E-state index contributed by atoms with van der Waals surface area (Å²) in [5, 5.41) is 3.83. The third-order valence-corrected chi connectivity index (χ3v) is 3.35. The molecule has 1 unspecified atom stereocenters. The van der Waals surface area contributed by atoms with Crippen LogP contribution in [0.5, 0.6) is 0 Å². The van der Waals surface area contributed by atoms with Gasteiger partial charge in [0.25, 0.3) is 0 Å². The van der Waals surface area contributed by atoms with E-state index < -0.39 is 12.2 Å². The number of alkyl halides is 3. The minimum atomic E-state index is -4.33. The Bertz CT molecular complexity index is 760. The molecule has 0 fully saturated rings. The summed E-state index contributed by atoms with van der Waals surface area (Å²) in [6, 6.07) is 10.2. The molecule has 104 valence electrons. The molecule has 0 saturated heterocycles. The molecule has 2 aromatic carbocycles. The first-order valence-corrected chi connectivity index (χ1v) is 6.16. The van der Waals surface area contributed by atoms with Gasteiger partial charge in [-0.1, -0.05) is 24.3 Å². The number of rotatable bonds is 2. The zero-order chi connectivity index (χ0) is 14.3. The van der Waals surface area contributed by atoms with E-state index in [2.05, 4.69) is 5.32 Å². The van der Waals surface area contributed by atoms with Crippen molar-refractivity contribution in [3.05, 3.63) is 48.0 Å². The highest BCUT2D eigenvalue weighted by Crippen LogP contribution is 2.36. The minimum absolute atomic E-state index is 0.180. The Morgan fingerprint density at radius 2 is 1.70 bits per heavy atom. The Morgan fingerprint density at radius 1 is 1.00 bits per heavy atom. The molecular formula is C15H12F3NO. The first-order chi connectivity index (χ1) is 9.50. The average Bonchev–Trinajstić information content (AvgIpc) is 2.76. The number of halogens is 3. The Labute approximate surface area is 113 Å². The van der Waals surface area contributed by atoms with Crippen LogP contribution >= 0.6 is 0 Å². The lowest BCUT2D eigenvalue weighted by atomic mass is 10.0. The van der Waals surface area contributed by atoms with Crippen LogP contribution in [0.1, 0.15) is 11.6 Å². The quantitative estimate of drug-likeness (QED) is 0.751. The van der Waals surface area contributed by atoms with Gasteiger partial charge in [0, 0.05) is 10.8 Å². The third-order valence-electron chi connectivity index (χ3n) is 3.35. The van der Waals surface area contributed by atoms with Gasteiger partial charge in [-0.15, -0.1) is 0 Å².